The van der Waals surface area contributed by atoms with E-state index in [2.05, 4.69) is 23.3 Å². The number of aromatic nitrogens is 1. The lowest BCUT2D eigenvalue weighted by Gasteiger charge is -2.17. The predicted octanol–water partition coefficient (Wildman–Crippen LogP) is 1.56. The number of nitrogens with zero attached hydrogens (tertiary/aromatic N) is 1. The van der Waals surface area contributed by atoms with E-state index in [1.807, 2.05) is 12.3 Å². The second kappa shape index (κ2) is 6.18. The Morgan fingerprint density at radius 2 is 2.47 bits per heavy atom. The average Bonchev–Trinajstić information content (AvgIpc) is 2.30. The summed E-state index contributed by atoms with van der Waals surface area (Å²) in [7, 11) is 0. The number of nitrogens with two attached hydrogens (primary N) is 1. The Morgan fingerprint density at radius 1 is 1.67 bits per heavy atom. The van der Waals surface area contributed by atoms with Gasteiger partial charge in [-0.2, -0.15) is 0 Å². The summed E-state index contributed by atoms with van der Waals surface area (Å²) in [5.41, 5.74) is 5.22. The lowest BCUT2D eigenvalue weighted by Crippen LogP contribution is -2.28. The Bertz CT molecular complexity index is 341. The molecule has 0 radical (unpaired) electrons. The van der Waals surface area contributed by atoms with Gasteiger partial charge in [0, 0.05) is 24.9 Å². The van der Waals surface area contributed by atoms with E-state index in [9.17, 15) is 0 Å². The smallest absolute Gasteiger partial charge is 0.0472 e. The molecule has 0 aliphatic carbocycles. The molecule has 3 N–H and O–H groups in total. The van der Waals surface area contributed by atoms with Crippen LogP contribution in [0.4, 0.5) is 0 Å². The first kappa shape index (κ1) is 11.7. The maximum Gasteiger partial charge on any atom is 0.0472 e. The number of hydrogen-bond acceptors (Lipinski definition) is 3. The maximum absolute atomic E-state index is 5.53. The van der Waals surface area contributed by atoms with Crippen LogP contribution < -0.4 is 11.3 Å². The second-order valence-electron chi connectivity index (χ2n) is 3.39. The molecule has 0 amide bonds. The van der Waals surface area contributed by atoms with Crippen molar-refractivity contribution in [2.24, 2.45) is 5.84 Å². The van der Waals surface area contributed by atoms with Crippen molar-refractivity contribution >= 4 is 0 Å². The fourth-order valence-electron chi connectivity index (χ4n) is 1.63. The molecule has 1 rings (SSSR count). The Morgan fingerprint density at radius 3 is 3.07 bits per heavy atom. The molecule has 80 valence electrons. The van der Waals surface area contributed by atoms with Crippen LogP contribution >= 0.6 is 0 Å². The van der Waals surface area contributed by atoms with Crippen molar-refractivity contribution < 1.29 is 0 Å². The van der Waals surface area contributed by atoms with E-state index in [4.69, 9.17) is 12.3 Å². The highest BCUT2D eigenvalue weighted by Gasteiger charge is 2.11. The van der Waals surface area contributed by atoms with Gasteiger partial charge in [-0.25, -0.2) is 0 Å². The molecule has 3 nitrogen and oxygen atoms in total. The summed E-state index contributed by atoms with van der Waals surface area (Å²) in [4.78, 5) is 4.10. The lowest BCUT2D eigenvalue weighted by atomic mass is 9.98. The third-order valence-corrected chi connectivity index (χ3v) is 2.48. The molecule has 3 heteroatoms. The van der Waals surface area contributed by atoms with Crippen molar-refractivity contribution in [1.82, 2.24) is 10.4 Å². The Labute approximate surface area is 91.1 Å². The van der Waals surface area contributed by atoms with E-state index in [1.165, 1.54) is 11.1 Å². The molecule has 1 heterocycles. The van der Waals surface area contributed by atoms with E-state index >= 15 is 0 Å². The molecule has 0 fully saturated rings. The van der Waals surface area contributed by atoms with Crippen LogP contribution in [0.3, 0.4) is 0 Å². The molecule has 15 heavy (non-hydrogen) atoms. The van der Waals surface area contributed by atoms with Crippen LogP contribution in [0.5, 0.6) is 0 Å². The predicted molar refractivity (Wildman–Crippen MR) is 61.7 cm³/mol. The molecular formula is C12H17N3. The molecule has 0 aromatic carbocycles. The van der Waals surface area contributed by atoms with Crippen LogP contribution in [-0.2, 0) is 6.42 Å². The van der Waals surface area contributed by atoms with Crippen molar-refractivity contribution in [3.63, 3.8) is 0 Å². The normalized spacial score (nSPS) is 12.1. The number of aryl methyl sites for hydroxylation is 1. The van der Waals surface area contributed by atoms with Crippen molar-refractivity contribution in [1.29, 1.82) is 0 Å². The van der Waals surface area contributed by atoms with Gasteiger partial charge in [0.25, 0.3) is 0 Å². The molecule has 0 bridgehead atoms. The quantitative estimate of drug-likeness (QED) is 0.434. The first-order chi connectivity index (χ1) is 7.33. The van der Waals surface area contributed by atoms with Gasteiger partial charge in [0.1, 0.15) is 0 Å². The minimum absolute atomic E-state index is 0.124. The summed E-state index contributed by atoms with van der Waals surface area (Å²) in [6.45, 7) is 2.11. The Hall–Kier alpha value is -1.37. The lowest BCUT2D eigenvalue weighted by molar-refractivity contribution is 0.519. The molecule has 1 aromatic heterocycles. The fraction of sp³-hybridized carbons (Fsp3) is 0.417. The highest BCUT2D eigenvalue weighted by molar-refractivity contribution is 5.26. The zero-order valence-corrected chi connectivity index (χ0v) is 9.03. The number of rotatable bonds is 5. The summed E-state index contributed by atoms with van der Waals surface area (Å²) < 4.78 is 0. The average molecular weight is 203 g/mol. The van der Waals surface area contributed by atoms with E-state index in [0.29, 0.717) is 0 Å². The van der Waals surface area contributed by atoms with Gasteiger partial charge in [-0.3, -0.25) is 16.3 Å². The molecule has 0 aliphatic heterocycles. The number of pyridine rings is 1. The number of hydrazine groups is 1. The molecule has 0 aliphatic rings. The Kier molecular flexibility index (Phi) is 4.82. The minimum atomic E-state index is 0.124. The molecular weight excluding hydrogens is 186 g/mol. The van der Waals surface area contributed by atoms with E-state index < -0.39 is 0 Å². The van der Waals surface area contributed by atoms with E-state index in [0.717, 1.165) is 19.3 Å². The van der Waals surface area contributed by atoms with Gasteiger partial charge < -0.3 is 0 Å². The van der Waals surface area contributed by atoms with Crippen LogP contribution in [0, 0.1) is 12.3 Å². The van der Waals surface area contributed by atoms with Crippen LogP contribution in [0.25, 0.3) is 0 Å². The zero-order chi connectivity index (χ0) is 11.1. The first-order valence-electron chi connectivity index (χ1n) is 5.15. The van der Waals surface area contributed by atoms with Gasteiger partial charge in [-0.05, 0) is 30.0 Å². The van der Waals surface area contributed by atoms with Crippen molar-refractivity contribution in [2.45, 2.75) is 32.2 Å². The third kappa shape index (κ3) is 3.05. The fourth-order valence-corrected chi connectivity index (χ4v) is 1.63. The summed E-state index contributed by atoms with van der Waals surface area (Å²) >= 11 is 0. The molecule has 1 aromatic rings. The van der Waals surface area contributed by atoms with Crippen LogP contribution in [0.2, 0.25) is 0 Å². The van der Waals surface area contributed by atoms with Gasteiger partial charge >= 0.3 is 0 Å². The first-order valence-corrected chi connectivity index (χ1v) is 5.15. The highest BCUT2D eigenvalue weighted by Crippen LogP contribution is 2.20. The van der Waals surface area contributed by atoms with Crippen LogP contribution in [-0.4, -0.2) is 4.98 Å². The molecule has 0 saturated carbocycles. The van der Waals surface area contributed by atoms with Crippen molar-refractivity contribution in [3.05, 3.63) is 29.6 Å². The second-order valence-corrected chi connectivity index (χ2v) is 3.39. The number of terminal acetylenes is 1. The molecule has 1 atom stereocenters. The molecule has 1 unspecified atom stereocenters. The SMILES string of the molecule is C#CCCC(NN)c1ccncc1CC. The largest absolute Gasteiger partial charge is 0.271 e. The highest BCUT2D eigenvalue weighted by atomic mass is 15.2. The van der Waals surface area contributed by atoms with Crippen LogP contribution in [0.1, 0.15) is 36.9 Å². The third-order valence-electron chi connectivity index (χ3n) is 2.48. The monoisotopic (exact) mass is 203 g/mol. The van der Waals surface area contributed by atoms with Gasteiger partial charge in [0.05, 0.1) is 0 Å². The topological polar surface area (TPSA) is 50.9 Å². The van der Waals surface area contributed by atoms with Gasteiger partial charge in [-0.1, -0.05) is 6.92 Å². The number of nitrogens with one attached hydrogen (secondary N) is 1. The maximum atomic E-state index is 5.53. The van der Waals surface area contributed by atoms with Crippen molar-refractivity contribution in [3.8, 4) is 12.3 Å². The number of hydrogen-bond donors (Lipinski definition) is 2. The van der Waals surface area contributed by atoms with Crippen LogP contribution in [0.15, 0.2) is 18.5 Å². The summed E-state index contributed by atoms with van der Waals surface area (Å²) in [6.07, 6.45) is 11.4. The van der Waals surface area contributed by atoms with Gasteiger partial charge in [0.15, 0.2) is 0 Å². The minimum Gasteiger partial charge on any atom is -0.271 e. The standard InChI is InChI=1S/C12H17N3/c1-3-5-6-12(15-13)11-7-8-14-9-10(11)4-2/h1,7-9,12,15H,4-6,13H2,2H3. The van der Waals surface area contributed by atoms with Gasteiger partial charge in [0.2, 0.25) is 0 Å². The zero-order valence-electron chi connectivity index (χ0n) is 9.03. The summed E-state index contributed by atoms with van der Waals surface area (Å²) in [5, 5.41) is 0. The molecule has 0 saturated heterocycles. The summed E-state index contributed by atoms with van der Waals surface area (Å²) in [6, 6.07) is 2.12. The Balaban J connectivity index is 2.86. The van der Waals surface area contributed by atoms with E-state index in [1.54, 1.807) is 6.20 Å². The summed E-state index contributed by atoms with van der Waals surface area (Å²) in [5.74, 6) is 8.16. The van der Waals surface area contributed by atoms with E-state index in [-0.39, 0.29) is 6.04 Å². The van der Waals surface area contributed by atoms with Gasteiger partial charge in [-0.15, -0.1) is 12.3 Å². The van der Waals surface area contributed by atoms with Crippen molar-refractivity contribution in [2.75, 3.05) is 0 Å². The molecule has 0 spiro atoms.